The molecule has 1 atom stereocenters. The highest BCUT2D eigenvalue weighted by molar-refractivity contribution is 6.30. The number of nitrogens with one attached hydrogen (secondary N) is 1. The third kappa shape index (κ3) is 5.53. The number of halogens is 1. The molecule has 0 bridgehead atoms. The second-order valence-electron chi connectivity index (χ2n) is 10.4. The van der Waals surface area contributed by atoms with E-state index in [1.54, 1.807) is 6.26 Å². The number of hydrogen-bond donors (Lipinski definition) is 1. The Morgan fingerprint density at radius 3 is 2.67 bits per heavy atom. The van der Waals surface area contributed by atoms with Gasteiger partial charge in [0, 0.05) is 22.6 Å². The van der Waals surface area contributed by atoms with Crippen molar-refractivity contribution in [2.45, 2.75) is 64.2 Å². The summed E-state index contributed by atoms with van der Waals surface area (Å²) < 4.78 is 7.74. The number of furan rings is 1. The van der Waals surface area contributed by atoms with E-state index in [2.05, 4.69) is 38.4 Å². The van der Waals surface area contributed by atoms with Gasteiger partial charge < -0.3 is 9.40 Å². The van der Waals surface area contributed by atoms with Crippen LogP contribution in [0.4, 0.5) is 0 Å². The molecule has 0 radical (unpaired) electrons. The molecule has 1 saturated carbocycles. The summed E-state index contributed by atoms with van der Waals surface area (Å²) in [4.78, 5) is 19.1. The van der Waals surface area contributed by atoms with E-state index in [0.29, 0.717) is 29.5 Å². The van der Waals surface area contributed by atoms with E-state index in [9.17, 15) is 4.79 Å². The van der Waals surface area contributed by atoms with Crippen molar-refractivity contribution in [3.63, 3.8) is 0 Å². The second kappa shape index (κ2) is 11.2. The van der Waals surface area contributed by atoms with E-state index in [1.165, 1.54) is 6.42 Å². The second-order valence-corrected chi connectivity index (χ2v) is 10.9. The number of aromatic nitrogens is 5. The molecule has 1 fully saturated rings. The van der Waals surface area contributed by atoms with E-state index in [-0.39, 0.29) is 11.6 Å². The van der Waals surface area contributed by atoms with Crippen molar-refractivity contribution in [1.82, 2.24) is 30.1 Å². The Morgan fingerprint density at radius 1 is 1.08 bits per heavy atom. The van der Waals surface area contributed by atoms with Crippen LogP contribution >= 0.6 is 11.6 Å². The summed E-state index contributed by atoms with van der Waals surface area (Å²) in [6.07, 6.45) is 7.22. The van der Waals surface area contributed by atoms with E-state index < -0.39 is 6.04 Å². The Balaban J connectivity index is 1.52. The Kier molecular flexibility index (Phi) is 7.30. The van der Waals surface area contributed by atoms with Gasteiger partial charge in [-0.05, 0) is 83.6 Å². The topological polar surface area (TPSA) is 92.8 Å². The summed E-state index contributed by atoms with van der Waals surface area (Å²) in [5, 5.41) is 14.8. The number of aromatic amines is 1. The van der Waals surface area contributed by atoms with Gasteiger partial charge in [-0.25, -0.2) is 4.68 Å². The largest absolute Gasteiger partial charge is 0.468 e. The van der Waals surface area contributed by atoms with Gasteiger partial charge in [0.25, 0.3) is 5.56 Å². The molecular weight excluding hydrogens is 512 g/mol. The molecule has 5 aromatic rings. The lowest BCUT2D eigenvalue weighted by atomic mass is 9.95. The minimum atomic E-state index is -0.517. The lowest BCUT2D eigenvalue weighted by Crippen LogP contribution is -2.35. The molecule has 9 heteroatoms. The number of rotatable bonds is 8. The van der Waals surface area contributed by atoms with Crippen molar-refractivity contribution in [1.29, 1.82) is 0 Å². The molecule has 1 aliphatic rings. The van der Waals surface area contributed by atoms with Gasteiger partial charge in [-0.3, -0.25) is 9.69 Å². The Morgan fingerprint density at radius 2 is 1.90 bits per heavy atom. The fourth-order valence-corrected chi connectivity index (χ4v) is 5.80. The van der Waals surface area contributed by atoms with Crippen LogP contribution in [0.2, 0.25) is 5.02 Å². The van der Waals surface area contributed by atoms with Crippen molar-refractivity contribution in [2.75, 3.05) is 0 Å². The molecule has 3 heterocycles. The average molecular weight is 543 g/mol. The summed E-state index contributed by atoms with van der Waals surface area (Å²) in [5.74, 6) is 1.46. The predicted molar refractivity (Wildman–Crippen MR) is 150 cm³/mol. The van der Waals surface area contributed by atoms with Gasteiger partial charge >= 0.3 is 0 Å². The van der Waals surface area contributed by atoms with Gasteiger partial charge in [0.05, 0.1) is 18.8 Å². The number of fused-ring (bicyclic) bond motifs is 1. The van der Waals surface area contributed by atoms with Crippen molar-refractivity contribution in [3.8, 4) is 0 Å². The molecule has 200 valence electrons. The highest BCUT2D eigenvalue weighted by Gasteiger charge is 2.33. The maximum absolute atomic E-state index is 13.7. The minimum Gasteiger partial charge on any atom is -0.468 e. The first-order valence-corrected chi connectivity index (χ1v) is 13.9. The summed E-state index contributed by atoms with van der Waals surface area (Å²) in [6.45, 7) is 3.05. The van der Waals surface area contributed by atoms with Crippen molar-refractivity contribution < 1.29 is 4.42 Å². The standard InChI is InChI=1S/C30H31ClN6O2/c1-20-9-14-27-22(16-20)17-26(30(38)32-27)28(29-33-34-35-37(29)24-6-3-2-4-7-24)36(19-25-8-5-15-39-25)18-21-10-12-23(31)13-11-21/h5,8-17,24,28H,2-4,6-7,18-19H2,1H3,(H,32,38)/t28-/m1/s1. The molecule has 0 aliphatic heterocycles. The fourth-order valence-electron chi connectivity index (χ4n) is 5.68. The number of H-pyrrole nitrogens is 1. The molecule has 3 aromatic heterocycles. The number of pyridine rings is 1. The number of tetrazole rings is 1. The number of benzene rings is 2. The quantitative estimate of drug-likeness (QED) is 0.245. The highest BCUT2D eigenvalue weighted by Crippen LogP contribution is 2.34. The van der Waals surface area contributed by atoms with Crippen LogP contribution in [-0.2, 0) is 13.1 Å². The normalized spacial score (nSPS) is 15.3. The summed E-state index contributed by atoms with van der Waals surface area (Å²) in [6, 6.07) is 19.3. The zero-order valence-electron chi connectivity index (χ0n) is 21.9. The van der Waals surface area contributed by atoms with Crippen molar-refractivity contribution in [2.24, 2.45) is 0 Å². The third-order valence-corrected chi connectivity index (χ3v) is 7.86. The van der Waals surface area contributed by atoms with E-state index in [0.717, 1.165) is 53.5 Å². The third-order valence-electron chi connectivity index (χ3n) is 7.61. The smallest absolute Gasteiger partial charge is 0.253 e. The molecule has 0 spiro atoms. The van der Waals surface area contributed by atoms with Crippen LogP contribution in [0, 0.1) is 6.92 Å². The molecule has 6 rings (SSSR count). The Hall–Kier alpha value is -3.75. The minimum absolute atomic E-state index is 0.157. The molecule has 39 heavy (non-hydrogen) atoms. The van der Waals surface area contributed by atoms with Crippen LogP contribution < -0.4 is 5.56 Å². The monoisotopic (exact) mass is 542 g/mol. The van der Waals surface area contributed by atoms with Crippen LogP contribution in [0.1, 0.15) is 72.5 Å². The zero-order valence-corrected chi connectivity index (χ0v) is 22.6. The Labute approximate surface area is 231 Å². The molecule has 2 aromatic carbocycles. The fraction of sp³-hybridized carbons (Fsp3) is 0.333. The summed E-state index contributed by atoms with van der Waals surface area (Å²) in [5.41, 5.74) is 3.42. The number of nitrogens with zero attached hydrogens (tertiary/aromatic N) is 5. The maximum atomic E-state index is 13.7. The van der Waals surface area contributed by atoms with Gasteiger partial charge in [-0.2, -0.15) is 0 Å². The van der Waals surface area contributed by atoms with E-state index in [1.807, 2.05) is 59.3 Å². The van der Waals surface area contributed by atoms with Crippen LogP contribution in [-0.4, -0.2) is 30.1 Å². The molecular formula is C30H31ClN6O2. The summed E-state index contributed by atoms with van der Waals surface area (Å²) in [7, 11) is 0. The molecule has 8 nitrogen and oxygen atoms in total. The summed E-state index contributed by atoms with van der Waals surface area (Å²) >= 11 is 6.19. The average Bonchev–Trinajstić information content (AvgIpc) is 3.64. The first kappa shape index (κ1) is 25.5. The van der Waals surface area contributed by atoms with Crippen LogP contribution in [0.3, 0.4) is 0 Å². The van der Waals surface area contributed by atoms with Crippen LogP contribution in [0.5, 0.6) is 0 Å². The maximum Gasteiger partial charge on any atom is 0.253 e. The van der Waals surface area contributed by atoms with Gasteiger partial charge in [-0.15, -0.1) is 5.10 Å². The van der Waals surface area contributed by atoms with Gasteiger partial charge in [0.2, 0.25) is 0 Å². The van der Waals surface area contributed by atoms with Crippen LogP contribution in [0.15, 0.2) is 76.1 Å². The predicted octanol–water partition coefficient (Wildman–Crippen LogP) is 6.37. The Bertz CT molecular complexity index is 1600. The SMILES string of the molecule is Cc1ccc2[nH]c(=O)c([C@H](c3nnnn3C3CCCCC3)N(Cc3ccc(Cl)cc3)Cc3ccco3)cc2c1. The zero-order chi connectivity index (χ0) is 26.8. The van der Waals surface area contributed by atoms with E-state index >= 15 is 0 Å². The van der Waals surface area contributed by atoms with Crippen molar-refractivity contribution >= 4 is 22.5 Å². The van der Waals surface area contributed by atoms with Crippen LogP contribution in [0.25, 0.3) is 10.9 Å². The molecule has 0 unspecified atom stereocenters. The molecule has 0 amide bonds. The first-order chi connectivity index (χ1) is 19.0. The lowest BCUT2D eigenvalue weighted by molar-refractivity contribution is 0.173. The lowest BCUT2D eigenvalue weighted by Gasteiger charge is -2.32. The molecule has 0 saturated heterocycles. The first-order valence-electron chi connectivity index (χ1n) is 13.5. The number of hydrogen-bond acceptors (Lipinski definition) is 6. The van der Waals surface area contributed by atoms with Crippen molar-refractivity contribution in [3.05, 3.63) is 111 Å². The highest BCUT2D eigenvalue weighted by atomic mass is 35.5. The van der Waals surface area contributed by atoms with E-state index in [4.69, 9.17) is 16.0 Å². The number of aryl methyl sites for hydroxylation is 1. The molecule has 1 N–H and O–H groups in total. The van der Waals surface area contributed by atoms with Gasteiger partial charge in [0.1, 0.15) is 11.8 Å². The molecule has 1 aliphatic carbocycles. The van der Waals surface area contributed by atoms with Gasteiger partial charge in [-0.1, -0.05) is 54.6 Å². The van der Waals surface area contributed by atoms with Gasteiger partial charge in [0.15, 0.2) is 5.82 Å².